The van der Waals surface area contributed by atoms with Gasteiger partial charge in [-0.1, -0.05) is 0 Å². The first-order valence-electron chi connectivity index (χ1n) is 0.471. The summed E-state index contributed by atoms with van der Waals surface area (Å²) < 4.78 is 0. The summed E-state index contributed by atoms with van der Waals surface area (Å²) >= 11 is 0. The van der Waals surface area contributed by atoms with Crippen LogP contribution in [0.3, 0.4) is 0 Å². The third-order valence-electron chi connectivity index (χ3n) is 0. The van der Waals surface area contributed by atoms with Gasteiger partial charge in [-0.05, 0) is 0 Å². The summed E-state index contributed by atoms with van der Waals surface area (Å²) in [5.74, 6) is 0. The van der Waals surface area contributed by atoms with Crippen molar-refractivity contribution in [3.8, 4) is 0 Å². The molecule has 0 aromatic heterocycles. The molecule has 0 fully saturated rings. The second-order valence-corrected chi connectivity index (χ2v) is 0. The van der Waals surface area contributed by atoms with Crippen molar-refractivity contribution in [3.05, 3.63) is 0 Å². The SMILES string of the molecule is [CH-]=O.[CH-]=O.[Cu+].[Cu+].[Cu].[Cu]. The molecule has 8 heavy (non-hydrogen) atoms. The maximum atomic E-state index is 7.75. The predicted octanol–water partition coefficient (Wildman–Crippen LogP) is -0.558. The van der Waals surface area contributed by atoms with Gasteiger partial charge in [0.2, 0.25) is 0 Å². The minimum Gasteiger partial charge on any atom is -0.545 e. The van der Waals surface area contributed by atoms with E-state index in [1.165, 1.54) is 0 Å². The van der Waals surface area contributed by atoms with Gasteiger partial charge < -0.3 is 9.59 Å². The van der Waals surface area contributed by atoms with E-state index < -0.39 is 0 Å². The van der Waals surface area contributed by atoms with Crippen molar-refractivity contribution in [2.24, 2.45) is 0 Å². The molecule has 0 aliphatic heterocycles. The fourth-order valence-corrected chi connectivity index (χ4v) is 0. The summed E-state index contributed by atoms with van der Waals surface area (Å²) in [5.41, 5.74) is 0. The van der Waals surface area contributed by atoms with Crippen LogP contribution in [0.2, 0.25) is 0 Å². The van der Waals surface area contributed by atoms with Crippen LogP contribution in [0.15, 0.2) is 0 Å². The van der Waals surface area contributed by atoms with Crippen molar-refractivity contribution >= 4 is 13.6 Å². The zero-order chi connectivity index (χ0) is 4.00. The standard InChI is InChI=1S/2CHO.4Cu/c2*1-2;;;;/h2*1H;;;;/q2*-1;;;2*+1. The van der Waals surface area contributed by atoms with Crippen LogP contribution in [-0.4, -0.2) is 13.6 Å². The van der Waals surface area contributed by atoms with E-state index in [0.29, 0.717) is 0 Å². The number of hydrogen-bond donors (Lipinski definition) is 0. The summed E-state index contributed by atoms with van der Waals surface area (Å²) in [6, 6.07) is 0. The van der Waals surface area contributed by atoms with Gasteiger partial charge >= 0.3 is 34.1 Å². The van der Waals surface area contributed by atoms with Gasteiger partial charge in [0.1, 0.15) is 0 Å². The van der Waals surface area contributed by atoms with Gasteiger partial charge in [-0.2, -0.15) is 0 Å². The summed E-state index contributed by atoms with van der Waals surface area (Å²) in [7, 11) is 0. The van der Waals surface area contributed by atoms with E-state index in [0.717, 1.165) is 0 Å². The topological polar surface area (TPSA) is 34.1 Å². The molecule has 0 heterocycles. The molecule has 2 nitrogen and oxygen atoms in total. The second kappa shape index (κ2) is 230. The molecule has 0 saturated carbocycles. The number of carbonyl (C=O) groups excluding carboxylic acids is 2. The molecule has 0 rings (SSSR count). The molecule has 0 spiro atoms. The van der Waals surface area contributed by atoms with E-state index in [4.69, 9.17) is 9.59 Å². The first kappa shape index (κ1) is 57.1. The van der Waals surface area contributed by atoms with Crippen molar-refractivity contribution in [2.45, 2.75) is 0 Å². The van der Waals surface area contributed by atoms with Crippen LogP contribution < -0.4 is 0 Å². The minimum atomic E-state index is 0. The summed E-state index contributed by atoms with van der Waals surface area (Å²) in [6.07, 6.45) is 0. The fourth-order valence-electron chi connectivity index (χ4n) is 0. The smallest absolute Gasteiger partial charge is 0.545 e. The Hall–Kier alpha value is 1.42. The Morgan fingerprint density at radius 1 is 0.625 bits per heavy atom. The summed E-state index contributed by atoms with van der Waals surface area (Å²) in [5, 5.41) is 0. The molecule has 0 aliphatic carbocycles. The molecule has 66 valence electrons. The van der Waals surface area contributed by atoms with Gasteiger partial charge in [-0.3, -0.25) is 13.6 Å². The molecule has 2 radical (unpaired) electrons. The molecule has 0 N–H and O–H groups in total. The minimum absolute atomic E-state index is 0. The van der Waals surface area contributed by atoms with Crippen molar-refractivity contribution in [2.75, 3.05) is 0 Å². The van der Waals surface area contributed by atoms with Crippen molar-refractivity contribution in [1.29, 1.82) is 0 Å². The largest absolute Gasteiger partial charge is 1.00 e. The Labute approximate surface area is 90.8 Å². The van der Waals surface area contributed by atoms with E-state index in [1.54, 1.807) is 0 Å². The van der Waals surface area contributed by atoms with E-state index in [2.05, 4.69) is 13.6 Å². The molecule has 0 unspecified atom stereocenters. The first-order chi connectivity index (χ1) is 2.00. The van der Waals surface area contributed by atoms with Crippen LogP contribution in [0.25, 0.3) is 0 Å². The van der Waals surface area contributed by atoms with Crippen LogP contribution in [0.1, 0.15) is 0 Å². The summed E-state index contributed by atoms with van der Waals surface area (Å²) in [4.78, 5) is 15.5. The Morgan fingerprint density at radius 3 is 0.625 bits per heavy atom. The zero-order valence-electron chi connectivity index (χ0n) is 3.18. The molecule has 0 aromatic carbocycles. The van der Waals surface area contributed by atoms with E-state index in [-0.39, 0.29) is 68.3 Å². The number of rotatable bonds is 0. The fraction of sp³-hybridized carbons (Fsp3) is 0. The normalized spacial score (nSPS) is 1.00. The molecular formula is C2H2Cu4O2. The van der Waals surface area contributed by atoms with Gasteiger partial charge in [-0.25, -0.2) is 0 Å². The predicted molar refractivity (Wildman–Crippen MR) is 13.5 cm³/mol. The van der Waals surface area contributed by atoms with E-state index in [1.807, 2.05) is 0 Å². The van der Waals surface area contributed by atoms with E-state index in [9.17, 15) is 0 Å². The van der Waals surface area contributed by atoms with Crippen LogP contribution in [0.4, 0.5) is 0 Å². The van der Waals surface area contributed by atoms with Gasteiger partial charge in [0.25, 0.3) is 0 Å². The van der Waals surface area contributed by atoms with Crippen molar-refractivity contribution < 1.29 is 77.9 Å². The van der Waals surface area contributed by atoms with Gasteiger partial charge in [0, 0.05) is 34.1 Å². The Bertz CT molecular complexity index is 14.0. The molecular weight excluding hydrogens is 310 g/mol. The van der Waals surface area contributed by atoms with Gasteiger partial charge in [0.05, 0.1) is 0 Å². The Kier molecular flexibility index (Phi) is 1650. The van der Waals surface area contributed by atoms with Gasteiger partial charge in [-0.15, -0.1) is 0 Å². The molecule has 0 atom stereocenters. The van der Waals surface area contributed by atoms with Crippen molar-refractivity contribution in [3.63, 3.8) is 0 Å². The zero-order valence-corrected chi connectivity index (χ0v) is 6.94. The Morgan fingerprint density at radius 2 is 0.625 bits per heavy atom. The maximum absolute atomic E-state index is 7.75. The average Bonchev–Trinajstić information content (AvgIpc) is 1.50. The van der Waals surface area contributed by atoms with Crippen molar-refractivity contribution in [1.82, 2.24) is 0 Å². The second-order valence-electron chi connectivity index (χ2n) is 0. The molecule has 0 aromatic rings. The average molecular weight is 312 g/mol. The monoisotopic (exact) mass is 310 g/mol. The molecule has 0 amide bonds. The van der Waals surface area contributed by atoms with Crippen LogP contribution in [0.5, 0.6) is 0 Å². The molecule has 0 saturated heterocycles. The van der Waals surface area contributed by atoms with Crippen LogP contribution in [0, 0.1) is 0 Å². The quantitative estimate of drug-likeness (QED) is 0.341. The third kappa shape index (κ3) is 152. The number of hydrogen-bond acceptors (Lipinski definition) is 2. The van der Waals surface area contributed by atoms with Crippen LogP contribution in [-0.2, 0) is 77.9 Å². The maximum Gasteiger partial charge on any atom is 1.00 e. The van der Waals surface area contributed by atoms with Crippen LogP contribution >= 0.6 is 0 Å². The third-order valence-corrected chi connectivity index (χ3v) is 0. The Balaban J connectivity index is -0.00000000167. The first-order valence-corrected chi connectivity index (χ1v) is 0.471. The van der Waals surface area contributed by atoms with Gasteiger partial charge in [0.15, 0.2) is 0 Å². The molecule has 0 aliphatic rings. The molecule has 6 heteroatoms. The summed E-state index contributed by atoms with van der Waals surface area (Å²) in [6.45, 7) is 6.50. The van der Waals surface area contributed by atoms with E-state index >= 15 is 0 Å². The molecule has 0 bridgehead atoms.